The zero-order valence-corrected chi connectivity index (χ0v) is 19.6. The maximum absolute atomic E-state index is 13.2. The summed E-state index contributed by atoms with van der Waals surface area (Å²) in [4.78, 5) is 28.6. The lowest BCUT2D eigenvalue weighted by molar-refractivity contribution is -0.138. The van der Waals surface area contributed by atoms with E-state index in [-0.39, 0.29) is 17.9 Å². The van der Waals surface area contributed by atoms with Crippen molar-refractivity contribution >= 4 is 22.0 Å². The Hall–Kier alpha value is -2.13. The highest BCUT2D eigenvalue weighted by Crippen LogP contribution is 2.29. The number of rotatable bonds is 4. The molecule has 0 aromatic heterocycles. The molecule has 8 nitrogen and oxygen atoms in total. The fourth-order valence-corrected chi connectivity index (χ4v) is 6.47. The Morgan fingerprint density at radius 3 is 2.22 bits per heavy atom. The van der Waals surface area contributed by atoms with E-state index in [0.717, 1.165) is 24.8 Å². The number of piperidine rings is 1. The first-order valence-corrected chi connectivity index (χ1v) is 13.2. The standard InChI is InChI=1S/C23H33N3O5S/c1-2-31-23(28)25-15-13-24(14-16-25)22(27)19-9-11-26(12-10-19)32(29,30)21-8-7-18-5-3-4-6-20(18)17-21/h7-8,17,19H,2-6,9-16H2,1H3. The zero-order valence-electron chi connectivity index (χ0n) is 18.8. The number of fused-ring (bicyclic) bond motifs is 1. The van der Waals surface area contributed by atoms with Gasteiger partial charge in [-0.25, -0.2) is 13.2 Å². The third-order valence-electron chi connectivity index (χ3n) is 6.88. The molecule has 0 unspecified atom stereocenters. The summed E-state index contributed by atoms with van der Waals surface area (Å²) in [5, 5.41) is 0. The van der Waals surface area contributed by atoms with Gasteiger partial charge in [0.2, 0.25) is 15.9 Å². The number of benzene rings is 1. The molecule has 2 amide bonds. The van der Waals surface area contributed by atoms with Crippen LogP contribution in [0.2, 0.25) is 0 Å². The molecule has 2 aliphatic heterocycles. The topological polar surface area (TPSA) is 87.2 Å². The van der Waals surface area contributed by atoms with Crippen molar-refractivity contribution in [3.63, 3.8) is 0 Å². The fraction of sp³-hybridized carbons (Fsp3) is 0.652. The van der Waals surface area contributed by atoms with E-state index in [9.17, 15) is 18.0 Å². The molecule has 1 aromatic rings. The average Bonchev–Trinajstić information content (AvgIpc) is 2.83. The van der Waals surface area contributed by atoms with E-state index < -0.39 is 10.0 Å². The molecule has 0 atom stereocenters. The van der Waals surface area contributed by atoms with Gasteiger partial charge in [-0.05, 0) is 68.7 Å². The Labute approximate surface area is 190 Å². The number of piperazine rings is 1. The van der Waals surface area contributed by atoms with Crippen molar-refractivity contribution < 1.29 is 22.7 Å². The molecule has 0 N–H and O–H groups in total. The van der Waals surface area contributed by atoms with Crippen LogP contribution in [0.15, 0.2) is 23.1 Å². The van der Waals surface area contributed by atoms with Crippen LogP contribution >= 0.6 is 0 Å². The molecule has 2 heterocycles. The highest BCUT2D eigenvalue weighted by molar-refractivity contribution is 7.89. The predicted molar refractivity (Wildman–Crippen MR) is 120 cm³/mol. The SMILES string of the molecule is CCOC(=O)N1CCN(C(=O)C2CCN(S(=O)(=O)c3ccc4c(c3)CCCC4)CC2)CC1. The van der Waals surface area contributed by atoms with Gasteiger partial charge < -0.3 is 14.5 Å². The van der Waals surface area contributed by atoms with Crippen molar-refractivity contribution in [2.24, 2.45) is 5.92 Å². The molecule has 9 heteroatoms. The lowest BCUT2D eigenvalue weighted by Crippen LogP contribution is -2.53. The summed E-state index contributed by atoms with van der Waals surface area (Å²) >= 11 is 0. The molecular formula is C23H33N3O5S. The highest BCUT2D eigenvalue weighted by Gasteiger charge is 2.35. The number of nitrogens with zero attached hydrogens (tertiary/aromatic N) is 3. The van der Waals surface area contributed by atoms with Gasteiger partial charge in [-0.1, -0.05) is 6.07 Å². The first-order valence-electron chi connectivity index (χ1n) is 11.7. The molecule has 3 aliphatic rings. The highest BCUT2D eigenvalue weighted by atomic mass is 32.2. The molecule has 2 fully saturated rings. The summed E-state index contributed by atoms with van der Waals surface area (Å²) < 4.78 is 32.9. The number of carbonyl (C=O) groups excluding carboxylic acids is 2. The van der Waals surface area contributed by atoms with Gasteiger partial charge in [0.25, 0.3) is 0 Å². The summed E-state index contributed by atoms with van der Waals surface area (Å²) in [5.74, 6) is -0.0986. The zero-order chi connectivity index (χ0) is 22.7. The quantitative estimate of drug-likeness (QED) is 0.684. The summed E-state index contributed by atoms with van der Waals surface area (Å²) in [6.07, 6.45) is 4.97. The van der Waals surface area contributed by atoms with Crippen LogP contribution < -0.4 is 0 Å². The fourth-order valence-electron chi connectivity index (χ4n) is 4.94. The van der Waals surface area contributed by atoms with E-state index in [0.29, 0.717) is 63.6 Å². The van der Waals surface area contributed by atoms with E-state index in [1.54, 1.807) is 22.8 Å². The number of ether oxygens (including phenoxy) is 1. The van der Waals surface area contributed by atoms with Crippen LogP contribution in [0.4, 0.5) is 4.79 Å². The Morgan fingerprint density at radius 2 is 1.56 bits per heavy atom. The first kappa shape index (κ1) is 23.0. The van der Waals surface area contributed by atoms with Gasteiger partial charge in [0.05, 0.1) is 11.5 Å². The maximum Gasteiger partial charge on any atom is 0.409 e. The van der Waals surface area contributed by atoms with Gasteiger partial charge in [-0.15, -0.1) is 0 Å². The van der Waals surface area contributed by atoms with Crippen molar-refractivity contribution in [1.82, 2.24) is 14.1 Å². The van der Waals surface area contributed by atoms with Crippen molar-refractivity contribution in [2.45, 2.75) is 50.3 Å². The second-order valence-electron chi connectivity index (χ2n) is 8.83. The van der Waals surface area contributed by atoms with E-state index >= 15 is 0 Å². The van der Waals surface area contributed by atoms with Crippen molar-refractivity contribution in [3.8, 4) is 0 Å². The summed E-state index contributed by atoms with van der Waals surface area (Å²) in [6, 6.07) is 5.55. The van der Waals surface area contributed by atoms with Crippen LogP contribution in [0, 0.1) is 5.92 Å². The second kappa shape index (κ2) is 9.79. The number of sulfonamides is 1. The number of hydrogen-bond acceptors (Lipinski definition) is 5. The second-order valence-corrected chi connectivity index (χ2v) is 10.8. The molecule has 176 valence electrons. The number of amides is 2. The first-order chi connectivity index (χ1) is 15.4. The minimum absolute atomic E-state index is 0.0688. The van der Waals surface area contributed by atoms with Crippen LogP contribution in [0.5, 0.6) is 0 Å². The molecule has 0 radical (unpaired) electrons. The summed E-state index contributed by atoms with van der Waals surface area (Å²) in [6.45, 7) is 4.75. The van der Waals surface area contributed by atoms with Gasteiger partial charge in [-0.2, -0.15) is 4.31 Å². The average molecular weight is 464 g/mol. The molecule has 0 spiro atoms. The molecule has 4 rings (SSSR count). The van der Waals surface area contributed by atoms with E-state index in [2.05, 4.69) is 0 Å². The third-order valence-corrected chi connectivity index (χ3v) is 8.77. The summed E-state index contributed by atoms with van der Waals surface area (Å²) in [5.41, 5.74) is 2.42. The Kier molecular flexibility index (Phi) is 7.05. The minimum atomic E-state index is -3.54. The third kappa shape index (κ3) is 4.78. The van der Waals surface area contributed by atoms with Gasteiger partial charge in [-0.3, -0.25) is 4.79 Å². The largest absolute Gasteiger partial charge is 0.450 e. The van der Waals surface area contributed by atoms with Crippen LogP contribution in [-0.2, 0) is 32.4 Å². The van der Waals surface area contributed by atoms with Crippen molar-refractivity contribution in [3.05, 3.63) is 29.3 Å². The normalized spacial score (nSPS) is 20.7. The van der Waals surface area contributed by atoms with E-state index in [4.69, 9.17) is 4.74 Å². The van der Waals surface area contributed by atoms with Crippen LogP contribution in [0.1, 0.15) is 43.7 Å². The molecule has 0 bridgehead atoms. The predicted octanol–water partition coefficient (Wildman–Crippen LogP) is 2.27. The van der Waals surface area contributed by atoms with Crippen LogP contribution in [0.25, 0.3) is 0 Å². The molecule has 2 saturated heterocycles. The van der Waals surface area contributed by atoms with Gasteiger partial charge in [0.1, 0.15) is 0 Å². The Balaban J connectivity index is 1.32. The van der Waals surface area contributed by atoms with Gasteiger partial charge in [0, 0.05) is 45.2 Å². The lowest BCUT2D eigenvalue weighted by Gasteiger charge is -2.38. The van der Waals surface area contributed by atoms with E-state index in [1.165, 1.54) is 16.3 Å². The number of hydrogen-bond donors (Lipinski definition) is 0. The van der Waals surface area contributed by atoms with Gasteiger partial charge in [0.15, 0.2) is 0 Å². The van der Waals surface area contributed by atoms with Crippen LogP contribution in [-0.4, -0.2) is 80.4 Å². The smallest absolute Gasteiger partial charge is 0.409 e. The molecule has 0 saturated carbocycles. The Morgan fingerprint density at radius 1 is 0.938 bits per heavy atom. The lowest BCUT2D eigenvalue weighted by atomic mass is 9.92. The Bertz CT molecular complexity index is 948. The summed E-state index contributed by atoms with van der Waals surface area (Å²) in [7, 11) is -3.54. The molecule has 32 heavy (non-hydrogen) atoms. The van der Waals surface area contributed by atoms with Crippen molar-refractivity contribution in [1.29, 1.82) is 0 Å². The number of aryl methyl sites for hydroxylation is 2. The van der Waals surface area contributed by atoms with Gasteiger partial charge >= 0.3 is 6.09 Å². The monoisotopic (exact) mass is 463 g/mol. The minimum Gasteiger partial charge on any atom is -0.450 e. The molecular weight excluding hydrogens is 430 g/mol. The molecule has 1 aliphatic carbocycles. The maximum atomic E-state index is 13.2. The number of carbonyl (C=O) groups is 2. The van der Waals surface area contributed by atoms with E-state index in [1.807, 2.05) is 12.1 Å². The van der Waals surface area contributed by atoms with Crippen molar-refractivity contribution in [2.75, 3.05) is 45.9 Å². The van der Waals surface area contributed by atoms with Crippen LogP contribution in [0.3, 0.4) is 0 Å². The molecule has 1 aromatic carbocycles.